The second kappa shape index (κ2) is 6.23. The third-order valence-corrected chi connectivity index (χ3v) is 3.66. The zero-order valence-electron chi connectivity index (χ0n) is 12.3. The highest BCUT2D eigenvalue weighted by molar-refractivity contribution is 5.60. The monoisotopic (exact) mass is 304 g/mol. The van der Waals surface area contributed by atoms with Gasteiger partial charge in [0.1, 0.15) is 0 Å². The molecule has 0 amide bonds. The highest BCUT2D eigenvalue weighted by Crippen LogP contribution is 2.21. The fraction of sp³-hybridized carbons (Fsp3) is 0.400. The number of rotatable bonds is 2. The lowest BCUT2D eigenvalue weighted by molar-refractivity contribution is 0.152. The van der Waals surface area contributed by atoms with Crippen molar-refractivity contribution < 1.29 is 9.13 Å². The molecule has 0 saturated carbocycles. The third-order valence-electron chi connectivity index (χ3n) is 3.66. The van der Waals surface area contributed by atoms with Crippen LogP contribution in [0.2, 0.25) is 0 Å². The molecule has 0 atom stereocenters. The van der Waals surface area contributed by atoms with Crippen molar-refractivity contribution in [3.63, 3.8) is 0 Å². The lowest BCUT2D eigenvalue weighted by Gasteiger charge is -2.23. The van der Waals surface area contributed by atoms with Gasteiger partial charge in [-0.1, -0.05) is 0 Å². The van der Waals surface area contributed by atoms with Gasteiger partial charge in [-0.2, -0.15) is 0 Å². The number of anilines is 1. The summed E-state index contributed by atoms with van der Waals surface area (Å²) in [5.41, 5.74) is 0.379. The Morgan fingerprint density at radius 1 is 1.32 bits per heavy atom. The molecule has 0 aliphatic carbocycles. The second-order valence-corrected chi connectivity index (χ2v) is 5.15. The van der Waals surface area contributed by atoms with Gasteiger partial charge in [0.2, 0.25) is 5.95 Å². The van der Waals surface area contributed by atoms with E-state index in [9.17, 15) is 9.18 Å². The number of hydrogen-bond acceptors (Lipinski definition) is 5. The van der Waals surface area contributed by atoms with Gasteiger partial charge in [0.05, 0.1) is 18.5 Å². The van der Waals surface area contributed by atoms with Crippen molar-refractivity contribution in [2.24, 2.45) is 7.05 Å². The predicted octanol–water partition coefficient (Wildman–Crippen LogP) is 1.21. The molecule has 1 aliphatic heterocycles. The zero-order valence-corrected chi connectivity index (χ0v) is 12.3. The average molecular weight is 304 g/mol. The molecule has 22 heavy (non-hydrogen) atoms. The summed E-state index contributed by atoms with van der Waals surface area (Å²) in [6, 6.07) is 2.86. The van der Waals surface area contributed by atoms with Crippen molar-refractivity contribution in [3.8, 4) is 11.3 Å². The number of hydrogen-bond donors (Lipinski definition) is 0. The van der Waals surface area contributed by atoms with Crippen LogP contribution in [0.3, 0.4) is 0 Å². The lowest BCUT2D eigenvalue weighted by Crippen LogP contribution is -2.33. The molecule has 0 N–H and O–H groups in total. The number of pyridine rings is 1. The maximum Gasteiger partial charge on any atom is 0.255 e. The smallest absolute Gasteiger partial charge is 0.255 e. The molecule has 1 fully saturated rings. The molecule has 116 valence electrons. The molecular weight excluding hydrogens is 287 g/mol. The molecular formula is C15H17FN4O2. The number of ether oxygens (including phenoxy) is 1. The van der Waals surface area contributed by atoms with Gasteiger partial charge >= 0.3 is 0 Å². The number of aromatic nitrogens is 3. The highest BCUT2D eigenvalue weighted by atomic mass is 19.1. The van der Waals surface area contributed by atoms with Crippen LogP contribution in [0.1, 0.15) is 6.42 Å². The molecule has 3 heterocycles. The van der Waals surface area contributed by atoms with Crippen LogP contribution in [-0.2, 0) is 11.8 Å². The van der Waals surface area contributed by atoms with E-state index in [-0.39, 0.29) is 11.1 Å². The van der Waals surface area contributed by atoms with E-state index in [0.29, 0.717) is 31.4 Å². The summed E-state index contributed by atoms with van der Waals surface area (Å²) in [6.07, 6.45) is 3.47. The Morgan fingerprint density at radius 2 is 2.18 bits per heavy atom. The molecule has 2 aromatic rings. The fourth-order valence-corrected chi connectivity index (χ4v) is 2.48. The van der Waals surface area contributed by atoms with Crippen LogP contribution in [0.15, 0.2) is 29.3 Å². The van der Waals surface area contributed by atoms with Crippen molar-refractivity contribution in [2.75, 3.05) is 31.2 Å². The molecule has 0 spiro atoms. The predicted molar refractivity (Wildman–Crippen MR) is 80.3 cm³/mol. The van der Waals surface area contributed by atoms with Crippen molar-refractivity contribution >= 4 is 5.95 Å². The van der Waals surface area contributed by atoms with Gasteiger partial charge in [-0.25, -0.2) is 9.37 Å². The molecule has 1 aliphatic rings. The molecule has 7 heteroatoms. The largest absolute Gasteiger partial charge is 0.380 e. The molecule has 6 nitrogen and oxygen atoms in total. The second-order valence-electron chi connectivity index (χ2n) is 5.15. The molecule has 0 unspecified atom stereocenters. The minimum Gasteiger partial charge on any atom is -0.380 e. The first-order valence-electron chi connectivity index (χ1n) is 7.17. The van der Waals surface area contributed by atoms with Crippen LogP contribution in [0.25, 0.3) is 11.3 Å². The molecule has 0 radical (unpaired) electrons. The van der Waals surface area contributed by atoms with Gasteiger partial charge in [-0.3, -0.25) is 14.3 Å². The van der Waals surface area contributed by atoms with Gasteiger partial charge in [0, 0.05) is 44.6 Å². The molecule has 1 saturated heterocycles. The van der Waals surface area contributed by atoms with E-state index in [0.717, 1.165) is 19.2 Å². The Morgan fingerprint density at radius 3 is 3.00 bits per heavy atom. The van der Waals surface area contributed by atoms with Gasteiger partial charge in [0.25, 0.3) is 5.56 Å². The van der Waals surface area contributed by atoms with E-state index in [1.165, 1.54) is 22.9 Å². The van der Waals surface area contributed by atoms with E-state index in [4.69, 9.17) is 4.74 Å². The topological polar surface area (TPSA) is 60.2 Å². The maximum absolute atomic E-state index is 13.9. The van der Waals surface area contributed by atoms with Gasteiger partial charge < -0.3 is 9.64 Å². The maximum atomic E-state index is 13.9. The standard InChI is InChI=1S/C15H17FN4O2/c1-19-14(21)9-13(11-3-4-17-10-12(11)16)18-15(19)20-5-2-7-22-8-6-20/h3-4,9-10H,2,5-8H2,1H3. The van der Waals surface area contributed by atoms with Crippen LogP contribution in [0, 0.1) is 5.82 Å². The van der Waals surface area contributed by atoms with Crippen molar-refractivity contribution in [1.82, 2.24) is 14.5 Å². The van der Waals surface area contributed by atoms with Crippen molar-refractivity contribution in [2.45, 2.75) is 6.42 Å². The summed E-state index contributed by atoms with van der Waals surface area (Å²) in [5, 5.41) is 0. The Kier molecular flexibility index (Phi) is 4.15. The summed E-state index contributed by atoms with van der Waals surface area (Å²) in [6.45, 7) is 2.69. The average Bonchev–Trinajstić information content (AvgIpc) is 2.79. The summed E-state index contributed by atoms with van der Waals surface area (Å²) in [5.74, 6) is 0.0395. The third kappa shape index (κ3) is 2.85. The van der Waals surface area contributed by atoms with Crippen LogP contribution in [0.4, 0.5) is 10.3 Å². The fourth-order valence-electron chi connectivity index (χ4n) is 2.48. The minimum absolute atomic E-state index is 0.221. The van der Waals surface area contributed by atoms with E-state index >= 15 is 0 Å². The van der Waals surface area contributed by atoms with Crippen LogP contribution in [-0.4, -0.2) is 40.8 Å². The number of halogens is 1. The van der Waals surface area contributed by atoms with Crippen LogP contribution < -0.4 is 10.5 Å². The van der Waals surface area contributed by atoms with Gasteiger partial charge in [-0.05, 0) is 12.5 Å². The normalized spacial score (nSPS) is 15.6. The Bertz CT molecular complexity index is 724. The summed E-state index contributed by atoms with van der Waals surface area (Å²) in [4.78, 5) is 22.4. The van der Waals surface area contributed by atoms with Crippen LogP contribution in [0.5, 0.6) is 0 Å². The highest BCUT2D eigenvalue weighted by Gasteiger charge is 2.17. The van der Waals surface area contributed by atoms with Crippen molar-refractivity contribution in [1.29, 1.82) is 0 Å². The van der Waals surface area contributed by atoms with E-state index in [1.54, 1.807) is 7.05 Å². The van der Waals surface area contributed by atoms with Gasteiger partial charge in [0.15, 0.2) is 5.82 Å². The summed E-state index contributed by atoms with van der Waals surface area (Å²) < 4.78 is 20.8. The Hall–Kier alpha value is -2.28. The Labute approximate surface area is 127 Å². The molecule has 0 bridgehead atoms. The Balaban J connectivity index is 2.07. The van der Waals surface area contributed by atoms with E-state index < -0.39 is 5.82 Å². The van der Waals surface area contributed by atoms with Gasteiger partial charge in [-0.15, -0.1) is 0 Å². The first-order valence-corrected chi connectivity index (χ1v) is 7.17. The van der Waals surface area contributed by atoms with E-state index in [2.05, 4.69) is 9.97 Å². The van der Waals surface area contributed by atoms with E-state index in [1.807, 2.05) is 4.90 Å². The molecule has 3 rings (SSSR count). The number of nitrogens with zero attached hydrogens (tertiary/aromatic N) is 4. The van der Waals surface area contributed by atoms with Crippen molar-refractivity contribution in [3.05, 3.63) is 40.7 Å². The SMILES string of the molecule is Cn1c(N2CCCOCC2)nc(-c2ccncc2F)cc1=O. The van der Waals surface area contributed by atoms with Crippen LogP contribution >= 0.6 is 0 Å². The summed E-state index contributed by atoms with van der Waals surface area (Å²) >= 11 is 0. The minimum atomic E-state index is -0.492. The lowest BCUT2D eigenvalue weighted by atomic mass is 10.2. The summed E-state index contributed by atoms with van der Waals surface area (Å²) in [7, 11) is 1.67. The molecule has 0 aromatic carbocycles. The quantitative estimate of drug-likeness (QED) is 0.834. The zero-order chi connectivity index (χ0) is 15.5. The first-order chi connectivity index (χ1) is 10.7. The first kappa shape index (κ1) is 14.6. The molecule has 2 aromatic heterocycles.